The van der Waals surface area contributed by atoms with Gasteiger partial charge in [-0.1, -0.05) is 0 Å². The summed E-state index contributed by atoms with van der Waals surface area (Å²) in [5.41, 5.74) is -1.22. The van der Waals surface area contributed by atoms with E-state index < -0.39 is 35.4 Å². The molecule has 0 aliphatic rings. The van der Waals surface area contributed by atoms with Gasteiger partial charge in [0.05, 0.1) is 0 Å². The fourth-order valence-electron chi connectivity index (χ4n) is 1.83. The molecule has 0 saturated carbocycles. The van der Waals surface area contributed by atoms with Crippen molar-refractivity contribution < 1.29 is 29.0 Å². The molecule has 0 aromatic heterocycles. The number of aliphatic carboxylic acids is 1. The first-order chi connectivity index (χ1) is 11.8. The number of carbonyl (C=O) groups excluding carboxylic acids is 2. The quantitative estimate of drug-likeness (QED) is 0.453. The molecule has 0 fully saturated rings. The lowest BCUT2D eigenvalue weighted by molar-refractivity contribution is -0.139. The van der Waals surface area contributed by atoms with Crippen LogP contribution in [0.5, 0.6) is 0 Å². The predicted molar refractivity (Wildman–Crippen MR) is 97.1 cm³/mol. The van der Waals surface area contributed by atoms with Crippen LogP contribution in [0.25, 0.3) is 0 Å². The molecule has 0 aromatic carbocycles. The van der Waals surface area contributed by atoms with Gasteiger partial charge in [-0.15, -0.1) is 0 Å². The average Bonchev–Trinajstić information content (AvgIpc) is 2.40. The summed E-state index contributed by atoms with van der Waals surface area (Å²) in [4.78, 5) is 34.3. The summed E-state index contributed by atoms with van der Waals surface area (Å²) in [6.07, 6.45) is -0.425. The van der Waals surface area contributed by atoms with E-state index in [1.165, 1.54) is 0 Å². The van der Waals surface area contributed by atoms with Gasteiger partial charge < -0.3 is 30.5 Å². The van der Waals surface area contributed by atoms with Gasteiger partial charge in [0.1, 0.15) is 17.2 Å². The van der Waals surface area contributed by atoms with Crippen molar-refractivity contribution >= 4 is 18.2 Å². The lowest BCUT2D eigenvalue weighted by Gasteiger charge is -2.22. The molecule has 0 unspecified atom stereocenters. The molecule has 0 rings (SSSR count). The van der Waals surface area contributed by atoms with Crippen molar-refractivity contribution in [1.29, 1.82) is 0 Å². The van der Waals surface area contributed by atoms with Crippen LogP contribution in [-0.4, -0.2) is 60.1 Å². The van der Waals surface area contributed by atoms with Crippen LogP contribution in [0, 0.1) is 0 Å². The number of carboxylic acid groups (broad SMARTS) is 1. The van der Waals surface area contributed by atoms with Gasteiger partial charge in [-0.2, -0.15) is 0 Å². The van der Waals surface area contributed by atoms with Gasteiger partial charge in [-0.05, 0) is 60.9 Å². The van der Waals surface area contributed by atoms with E-state index in [1.807, 2.05) is 0 Å². The Morgan fingerprint density at radius 2 is 1.42 bits per heavy atom. The van der Waals surface area contributed by atoms with E-state index in [2.05, 4.69) is 16.0 Å². The maximum Gasteiger partial charge on any atom is 0.408 e. The molecule has 0 saturated heterocycles. The van der Waals surface area contributed by atoms with Crippen LogP contribution in [0.15, 0.2) is 0 Å². The van der Waals surface area contributed by atoms with Crippen molar-refractivity contribution in [3.63, 3.8) is 0 Å². The van der Waals surface area contributed by atoms with E-state index in [0.29, 0.717) is 26.1 Å². The van der Waals surface area contributed by atoms with Crippen molar-refractivity contribution in [3.05, 3.63) is 0 Å². The molecule has 9 heteroatoms. The Morgan fingerprint density at radius 3 is 1.92 bits per heavy atom. The Balaban J connectivity index is 3.93. The second-order valence-electron chi connectivity index (χ2n) is 7.86. The molecule has 2 amide bonds. The molecule has 0 spiro atoms. The molecular weight excluding hydrogens is 342 g/mol. The summed E-state index contributed by atoms with van der Waals surface area (Å²) in [5.74, 6) is -1.11. The second kappa shape index (κ2) is 10.8. The normalized spacial score (nSPS) is 12.8. The first-order valence-electron chi connectivity index (χ1n) is 8.70. The highest BCUT2D eigenvalue weighted by Crippen LogP contribution is 2.08. The summed E-state index contributed by atoms with van der Waals surface area (Å²) < 4.78 is 10.2. The standard InChI is InChI=1S/C17H33N3O6/c1-16(2,3)25-14(23)19-11-10-18-9-7-8-12(13(21)22)20-15(24)26-17(4,5)6/h12,18H,7-11H2,1-6H3,(H,19,23)(H,20,24)(H,21,22)/t12-/m0/s1. The Kier molecular flexibility index (Phi) is 10.0. The number of alkyl carbamates (subject to hydrolysis) is 2. The predicted octanol–water partition coefficient (Wildman–Crippen LogP) is 1.86. The van der Waals surface area contributed by atoms with Crippen LogP contribution in [0.3, 0.4) is 0 Å². The lowest BCUT2D eigenvalue weighted by atomic mass is 10.1. The maximum absolute atomic E-state index is 11.6. The highest BCUT2D eigenvalue weighted by molar-refractivity contribution is 5.79. The SMILES string of the molecule is CC(C)(C)OC(=O)NCCNCCC[C@H](NC(=O)OC(C)(C)C)C(=O)O. The van der Waals surface area contributed by atoms with Crippen LogP contribution >= 0.6 is 0 Å². The number of carboxylic acids is 1. The molecule has 0 aromatic rings. The van der Waals surface area contributed by atoms with E-state index >= 15 is 0 Å². The molecule has 152 valence electrons. The number of rotatable bonds is 9. The third-order valence-electron chi connectivity index (χ3n) is 2.81. The van der Waals surface area contributed by atoms with Crippen LogP contribution in [0.4, 0.5) is 9.59 Å². The number of hydrogen-bond acceptors (Lipinski definition) is 6. The molecule has 1 atom stereocenters. The molecule has 0 heterocycles. The van der Waals surface area contributed by atoms with E-state index in [1.54, 1.807) is 41.5 Å². The highest BCUT2D eigenvalue weighted by atomic mass is 16.6. The third kappa shape index (κ3) is 14.3. The van der Waals surface area contributed by atoms with Crippen molar-refractivity contribution in [2.24, 2.45) is 0 Å². The van der Waals surface area contributed by atoms with Crippen molar-refractivity contribution in [2.45, 2.75) is 71.6 Å². The minimum Gasteiger partial charge on any atom is -0.480 e. The second-order valence-corrected chi connectivity index (χ2v) is 7.86. The third-order valence-corrected chi connectivity index (χ3v) is 2.81. The number of carbonyl (C=O) groups is 3. The first kappa shape index (κ1) is 24.0. The zero-order valence-electron chi connectivity index (χ0n) is 16.6. The average molecular weight is 375 g/mol. The van der Waals surface area contributed by atoms with Gasteiger partial charge in [0.25, 0.3) is 0 Å². The van der Waals surface area contributed by atoms with E-state index in [9.17, 15) is 14.4 Å². The summed E-state index contributed by atoms with van der Waals surface area (Å²) in [7, 11) is 0. The zero-order valence-corrected chi connectivity index (χ0v) is 16.6. The van der Waals surface area contributed by atoms with E-state index in [0.717, 1.165) is 0 Å². The largest absolute Gasteiger partial charge is 0.480 e. The number of nitrogens with one attached hydrogen (secondary N) is 3. The van der Waals surface area contributed by atoms with Crippen molar-refractivity contribution in [2.75, 3.05) is 19.6 Å². The molecule has 0 aliphatic heterocycles. The molecule has 0 radical (unpaired) electrons. The van der Waals surface area contributed by atoms with Gasteiger partial charge in [0, 0.05) is 13.1 Å². The monoisotopic (exact) mass is 375 g/mol. The maximum atomic E-state index is 11.6. The fraction of sp³-hybridized carbons (Fsp3) is 0.824. The Labute approximate surface area is 155 Å². The molecule has 0 aliphatic carbocycles. The molecule has 4 N–H and O–H groups in total. The van der Waals surface area contributed by atoms with Gasteiger partial charge in [-0.3, -0.25) is 0 Å². The number of amides is 2. The van der Waals surface area contributed by atoms with E-state index in [-0.39, 0.29) is 6.42 Å². The van der Waals surface area contributed by atoms with Crippen LogP contribution in [-0.2, 0) is 14.3 Å². The lowest BCUT2D eigenvalue weighted by Crippen LogP contribution is -2.43. The molecule has 9 nitrogen and oxygen atoms in total. The molecular formula is C17H33N3O6. The number of hydrogen-bond donors (Lipinski definition) is 4. The summed E-state index contributed by atoms with van der Waals surface area (Å²) in [5, 5.41) is 17.2. The summed E-state index contributed by atoms with van der Waals surface area (Å²) in [6.45, 7) is 11.9. The molecule has 0 bridgehead atoms. The van der Waals surface area contributed by atoms with Gasteiger partial charge in [-0.25, -0.2) is 14.4 Å². The first-order valence-corrected chi connectivity index (χ1v) is 8.70. The minimum absolute atomic E-state index is 0.265. The smallest absolute Gasteiger partial charge is 0.408 e. The van der Waals surface area contributed by atoms with Gasteiger partial charge in [0.15, 0.2) is 0 Å². The number of ether oxygens (including phenoxy) is 2. The topological polar surface area (TPSA) is 126 Å². The highest BCUT2D eigenvalue weighted by Gasteiger charge is 2.23. The summed E-state index contributed by atoms with van der Waals surface area (Å²) in [6, 6.07) is -1.01. The Morgan fingerprint density at radius 1 is 0.885 bits per heavy atom. The van der Waals surface area contributed by atoms with Crippen LogP contribution in [0.2, 0.25) is 0 Å². The summed E-state index contributed by atoms with van der Waals surface area (Å²) >= 11 is 0. The van der Waals surface area contributed by atoms with Crippen LogP contribution in [0.1, 0.15) is 54.4 Å². The van der Waals surface area contributed by atoms with Crippen molar-refractivity contribution in [3.8, 4) is 0 Å². The fourth-order valence-corrected chi connectivity index (χ4v) is 1.83. The van der Waals surface area contributed by atoms with Gasteiger partial charge in [0.2, 0.25) is 0 Å². The molecule has 26 heavy (non-hydrogen) atoms. The Hall–Kier alpha value is -2.03. The van der Waals surface area contributed by atoms with Crippen molar-refractivity contribution in [1.82, 2.24) is 16.0 Å². The van der Waals surface area contributed by atoms with Gasteiger partial charge >= 0.3 is 18.2 Å². The Bertz CT molecular complexity index is 468. The zero-order chi connectivity index (χ0) is 20.4. The van der Waals surface area contributed by atoms with Crippen LogP contribution < -0.4 is 16.0 Å². The van der Waals surface area contributed by atoms with E-state index in [4.69, 9.17) is 14.6 Å². The minimum atomic E-state index is -1.11.